The highest BCUT2D eigenvalue weighted by atomic mass is 16.3. The van der Waals surface area contributed by atoms with Gasteiger partial charge in [0.25, 0.3) is 5.91 Å². The van der Waals surface area contributed by atoms with Gasteiger partial charge in [0.05, 0.1) is 12.2 Å². The molecule has 10 heteroatoms. The molecule has 1 aromatic carbocycles. The second-order valence-corrected chi connectivity index (χ2v) is 7.55. The molecule has 1 amide bonds. The number of aliphatic hydroxyl groups is 1. The van der Waals surface area contributed by atoms with Gasteiger partial charge in [-0.2, -0.15) is 4.98 Å². The molecule has 3 aromatic rings. The first-order chi connectivity index (χ1) is 15.8. The summed E-state index contributed by atoms with van der Waals surface area (Å²) in [6.45, 7) is 4.47. The van der Waals surface area contributed by atoms with Crippen molar-refractivity contribution < 1.29 is 9.90 Å². The highest BCUT2D eigenvalue weighted by Crippen LogP contribution is 2.11. The number of fused-ring (bicyclic) bond motifs is 1. The predicted molar refractivity (Wildman–Crippen MR) is 130 cm³/mol. The number of H-pyrrole nitrogens is 1. The summed E-state index contributed by atoms with van der Waals surface area (Å²) in [5.41, 5.74) is 11.9. The van der Waals surface area contributed by atoms with Crippen LogP contribution in [0.4, 0.5) is 0 Å². The van der Waals surface area contributed by atoms with E-state index in [4.69, 9.17) is 11.5 Å². The fourth-order valence-electron chi connectivity index (χ4n) is 2.96. The fraction of sp³-hybridized carbons (Fsp3) is 0.391. The molecular weight excluding hydrogens is 422 g/mol. The molecule has 7 N–H and O–H groups in total. The third-order valence-corrected chi connectivity index (χ3v) is 4.83. The Morgan fingerprint density at radius 2 is 1.85 bits per heavy atom. The van der Waals surface area contributed by atoms with E-state index >= 15 is 0 Å². The van der Waals surface area contributed by atoms with Crippen LogP contribution in [0.2, 0.25) is 0 Å². The average molecular weight is 456 g/mol. The Labute approximate surface area is 192 Å². The Balaban J connectivity index is 0.000000569. The molecule has 1 atom stereocenters. The second-order valence-electron chi connectivity index (χ2n) is 7.55. The zero-order valence-electron chi connectivity index (χ0n) is 19.1. The summed E-state index contributed by atoms with van der Waals surface area (Å²) in [6.07, 6.45) is 7.63. The number of guanidine groups is 1. The van der Waals surface area contributed by atoms with Gasteiger partial charge in [-0.1, -0.05) is 51.7 Å². The van der Waals surface area contributed by atoms with E-state index in [9.17, 15) is 14.7 Å². The lowest BCUT2D eigenvalue weighted by atomic mass is 10.2. The number of nitrogens with one attached hydrogen (secondary N) is 2. The zero-order chi connectivity index (χ0) is 24.2. The number of hydrogen-bond acceptors (Lipinski definition) is 5. The van der Waals surface area contributed by atoms with Crippen molar-refractivity contribution in [2.24, 2.45) is 16.5 Å². The number of nitrogens with zero attached hydrogens (tertiary/aromatic N) is 3. The van der Waals surface area contributed by atoms with E-state index in [1.54, 1.807) is 36.7 Å². The lowest BCUT2D eigenvalue weighted by Crippen LogP contribution is -2.37. The maximum atomic E-state index is 12.1. The highest BCUT2D eigenvalue weighted by molar-refractivity contribution is 5.81. The van der Waals surface area contributed by atoms with Gasteiger partial charge in [0.1, 0.15) is 5.65 Å². The molecule has 3 rings (SSSR count). The number of aliphatic hydroxyl groups excluding tert-OH is 1. The number of nitrogens with two attached hydrogens (primary N) is 2. The first kappa shape index (κ1) is 25.6. The quantitative estimate of drug-likeness (QED) is 0.187. The van der Waals surface area contributed by atoms with Crippen molar-refractivity contribution in [3.8, 4) is 5.69 Å². The largest absolute Gasteiger partial charge is 0.381 e. The van der Waals surface area contributed by atoms with Gasteiger partial charge in [0.15, 0.2) is 12.1 Å². The lowest BCUT2D eigenvalue weighted by molar-refractivity contribution is -0.128. The number of carbonyl (C=O) groups is 1. The van der Waals surface area contributed by atoms with Crippen LogP contribution in [0.1, 0.15) is 45.1 Å². The van der Waals surface area contributed by atoms with Crippen molar-refractivity contribution in [2.45, 2.75) is 52.2 Å². The first-order valence-electron chi connectivity index (χ1n) is 11.0. The van der Waals surface area contributed by atoms with Crippen LogP contribution < -0.4 is 22.5 Å². The van der Waals surface area contributed by atoms with Crippen LogP contribution >= 0.6 is 0 Å². The molecule has 0 aliphatic heterocycles. The van der Waals surface area contributed by atoms with Crippen LogP contribution in [0, 0.1) is 0 Å². The molecule has 0 aliphatic rings. The normalized spacial score (nSPS) is 11.4. The standard InChI is InChI=1S/C17H19N7O3.C6H14/c18-16(19)22-8-13(25)15(26)21-7-10-1-3-12(4-2-10)24-9-11-5-6-20-14(11)23-17(24)27;1-3-5-6-4-2/h1-6,9,13,25H,7-8H2,(H,21,26)(H4,18,19,22)(H,20,23,27);3-6H2,1-2H3. The zero-order valence-corrected chi connectivity index (χ0v) is 19.1. The van der Waals surface area contributed by atoms with Crippen LogP contribution in [0.25, 0.3) is 16.7 Å². The number of amides is 1. The fourth-order valence-corrected chi connectivity index (χ4v) is 2.96. The molecule has 0 fully saturated rings. The maximum Gasteiger partial charge on any atom is 0.354 e. The van der Waals surface area contributed by atoms with E-state index in [0.717, 1.165) is 10.9 Å². The number of carbonyl (C=O) groups excluding carboxylic acids is 1. The predicted octanol–water partition coefficient (Wildman–Crippen LogP) is 1.55. The van der Waals surface area contributed by atoms with Gasteiger partial charge in [-0.3, -0.25) is 14.4 Å². The molecule has 0 bridgehead atoms. The summed E-state index contributed by atoms with van der Waals surface area (Å²) in [7, 11) is 0. The van der Waals surface area contributed by atoms with Gasteiger partial charge in [-0.25, -0.2) is 4.79 Å². The molecule has 0 saturated carbocycles. The molecule has 2 heterocycles. The SMILES string of the molecule is CCCCCC.NC(N)=NCC(O)C(=O)NCc1ccc(-n2cc3cc[nH]c3nc2=O)cc1. The number of aliphatic imine (C=N–C) groups is 1. The minimum absolute atomic E-state index is 0.194. The Kier molecular flexibility index (Phi) is 10.1. The number of benzene rings is 1. The molecule has 10 nitrogen and oxygen atoms in total. The number of aromatic amines is 1. The van der Waals surface area contributed by atoms with Crippen LogP contribution in [-0.4, -0.2) is 44.2 Å². The van der Waals surface area contributed by atoms with Crippen LogP contribution in [0.3, 0.4) is 0 Å². The van der Waals surface area contributed by atoms with E-state index in [0.29, 0.717) is 11.3 Å². The van der Waals surface area contributed by atoms with Gasteiger partial charge in [0, 0.05) is 24.3 Å². The molecule has 0 aliphatic carbocycles. The van der Waals surface area contributed by atoms with E-state index in [-0.39, 0.29) is 19.0 Å². The first-order valence-corrected chi connectivity index (χ1v) is 11.0. The van der Waals surface area contributed by atoms with Crippen molar-refractivity contribution in [2.75, 3.05) is 6.54 Å². The molecule has 0 saturated heterocycles. The Bertz CT molecular complexity index is 1100. The molecule has 2 aromatic heterocycles. The van der Waals surface area contributed by atoms with Gasteiger partial charge < -0.3 is 26.9 Å². The summed E-state index contributed by atoms with van der Waals surface area (Å²) >= 11 is 0. The van der Waals surface area contributed by atoms with Crippen molar-refractivity contribution in [1.29, 1.82) is 0 Å². The van der Waals surface area contributed by atoms with E-state index < -0.39 is 17.7 Å². The smallest absolute Gasteiger partial charge is 0.354 e. The number of hydrogen-bond donors (Lipinski definition) is 5. The van der Waals surface area contributed by atoms with Crippen molar-refractivity contribution >= 4 is 22.9 Å². The third-order valence-electron chi connectivity index (χ3n) is 4.83. The summed E-state index contributed by atoms with van der Waals surface area (Å²) in [5, 5.41) is 13.1. The summed E-state index contributed by atoms with van der Waals surface area (Å²) in [6, 6.07) is 8.87. The van der Waals surface area contributed by atoms with Crippen LogP contribution in [-0.2, 0) is 11.3 Å². The summed E-state index contributed by atoms with van der Waals surface area (Å²) in [4.78, 5) is 34.4. The monoisotopic (exact) mass is 455 g/mol. The molecule has 33 heavy (non-hydrogen) atoms. The number of rotatable bonds is 9. The summed E-state index contributed by atoms with van der Waals surface area (Å²) in [5.74, 6) is -0.776. The van der Waals surface area contributed by atoms with E-state index in [2.05, 4.69) is 34.1 Å². The molecule has 0 radical (unpaired) electrons. The van der Waals surface area contributed by atoms with Crippen molar-refractivity contribution in [3.05, 3.63) is 58.8 Å². The number of unbranched alkanes of at least 4 members (excludes halogenated alkanes) is 3. The Morgan fingerprint density at radius 3 is 2.45 bits per heavy atom. The lowest BCUT2D eigenvalue weighted by Gasteiger charge is -2.10. The van der Waals surface area contributed by atoms with Gasteiger partial charge in [0.2, 0.25) is 0 Å². The van der Waals surface area contributed by atoms with Crippen LogP contribution in [0.15, 0.2) is 52.5 Å². The molecule has 1 unspecified atom stereocenters. The van der Waals surface area contributed by atoms with Gasteiger partial charge >= 0.3 is 5.69 Å². The topological polar surface area (TPSA) is 164 Å². The third kappa shape index (κ3) is 8.08. The highest BCUT2D eigenvalue weighted by Gasteiger charge is 2.14. The van der Waals surface area contributed by atoms with Gasteiger partial charge in [-0.05, 0) is 23.8 Å². The average Bonchev–Trinajstić information content (AvgIpc) is 3.27. The van der Waals surface area contributed by atoms with Crippen molar-refractivity contribution in [1.82, 2.24) is 19.9 Å². The summed E-state index contributed by atoms with van der Waals surface area (Å²) < 4.78 is 1.44. The van der Waals surface area contributed by atoms with Crippen molar-refractivity contribution in [3.63, 3.8) is 0 Å². The second kappa shape index (κ2) is 13.0. The van der Waals surface area contributed by atoms with Crippen LogP contribution in [0.5, 0.6) is 0 Å². The minimum atomic E-state index is -1.33. The van der Waals surface area contributed by atoms with E-state index in [1.807, 2.05) is 6.07 Å². The van der Waals surface area contributed by atoms with Gasteiger partial charge in [-0.15, -0.1) is 0 Å². The Morgan fingerprint density at radius 1 is 1.18 bits per heavy atom. The minimum Gasteiger partial charge on any atom is -0.381 e. The molecule has 0 spiro atoms. The molecule has 178 valence electrons. The van der Waals surface area contributed by atoms with E-state index in [1.165, 1.54) is 30.3 Å². The molecular formula is C23H33N7O3. The number of aromatic nitrogens is 3. The maximum absolute atomic E-state index is 12.1. The Hall–Kier alpha value is -3.66.